The van der Waals surface area contributed by atoms with Crippen molar-refractivity contribution < 1.29 is 0 Å². The molecule has 21 radical (unpaired) electrons. The zero-order chi connectivity index (χ0) is 23.4. The van der Waals surface area contributed by atoms with Gasteiger partial charge in [0.15, 0.2) is 0 Å². The van der Waals surface area contributed by atoms with Crippen molar-refractivity contribution in [3.8, 4) is 0 Å². The Kier molecular flexibility index (Phi) is 177. The molecule has 201 valence electrons. The number of hydrogen-bond acceptors (Lipinski definition) is 7. The quantitative estimate of drug-likeness (QED) is 0.531. The third-order valence-corrected chi connectivity index (χ3v) is 1.91. The normalized spacial score (nSPS) is 7.00. The first-order valence-electron chi connectivity index (χ1n) is 9.87. The summed E-state index contributed by atoms with van der Waals surface area (Å²) in [5, 5.41) is 2.75. The second-order valence-electron chi connectivity index (χ2n) is 7.26. The number of nitrogens with zero attached hydrogens (tertiary/aromatic N) is 3. The van der Waals surface area contributed by atoms with E-state index in [1.54, 1.807) is 24.2 Å². The van der Waals surface area contributed by atoms with Crippen molar-refractivity contribution in [1.29, 1.82) is 0 Å². The topological polar surface area (TPSA) is 92.4 Å². The minimum absolute atomic E-state index is 0. The van der Waals surface area contributed by atoms with Gasteiger partial charge < -0.3 is 27.0 Å². The van der Waals surface area contributed by atoms with E-state index in [2.05, 4.69) is 36.0 Å². The molecule has 6 nitrogen and oxygen atoms in total. The van der Waals surface area contributed by atoms with Crippen LogP contribution in [0.2, 0.25) is 0 Å². The molecule has 6 N–H and O–H groups in total. The van der Waals surface area contributed by atoms with Gasteiger partial charge in [-0.15, -0.1) is 0 Å². The van der Waals surface area contributed by atoms with Crippen LogP contribution in [0, 0.1) is 0 Å². The fraction of sp³-hybridized carbons (Fsp3) is 0.773. The molecule has 0 spiro atoms. The first kappa shape index (κ1) is 83.4. The smallest absolute Gasteiger partial charge is 0.0267 e. The summed E-state index contributed by atoms with van der Waals surface area (Å²) in [5.41, 5.74) is 5.35. The summed E-state index contributed by atoms with van der Waals surface area (Å²) >= 11 is 1.75. The van der Waals surface area contributed by atoms with E-state index in [-0.39, 0.29) is 70.6 Å². The molecular weight excluding hydrogens is 456 g/mol. The van der Waals surface area contributed by atoms with Gasteiger partial charge in [0.2, 0.25) is 0 Å². The van der Waals surface area contributed by atoms with Crippen LogP contribution in [-0.2, 0) is 0 Å². The van der Waals surface area contributed by atoms with E-state index >= 15 is 0 Å². The Balaban J connectivity index is -0.0000000157. The van der Waals surface area contributed by atoms with Crippen LogP contribution in [0.1, 0.15) is 41.5 Å². The van der Waals surface area contributed by atoms with Crippen molar-refractivity contribution in [2.75, 3.05) is 67.4 Å². The Morgan fingerprint density at radius 1 is 0.722 bits per heavy atom. The van der Waals surface area contributed by atoms with Gasteiger partial charge in [0.25, 0.3) is 0 Å². The van der Waals surface area contributed by atoms with Gasteiger partial charge >= 0.3 is 0 Å². The summed E-state index contributed by atoms with van der Waals surface area (Å²) in [7, 11) is 9.75. The second kappa shape index (κ2) is 76.5. The molecule has 0 amide bonds. The van der Waals surface area contributed by atoms with Crippen LogP contribution in [0.25, 0.3) is 0 Å². The molecule has 0 bridgehead atoms. The average Bonchev–Trinajstić information content (AvgIpc) is 2.58. The molecule has 0 unspecified atom stereocenters. The van der Waals surface area contributed by atoms with Crippen molar-refractivity contribution in [3.63, 3.8) is 0 Å². The Morgan fingerprint density at radius 2 is 0.889 bits per heavy atom. The van der Waals surface area contributed by atoms with E-state index < -0.39 is 0 Å². The van der Waals surface area contributed by atoms with Gasteiger partial charge in [-0.1, -0.05) is 26.8 Å². The lowest BCUT2D eigenvalue weighted by atomic mass is 10.1. The molecule has 0 fully saturated rings. The molecule has 0 aliphatic heterocycles. The summed E-state index contributed by atoms with van der Waals surface area (Å²) in [6.45, 7) is 16.0. The highest BCUT2D eigenvalue weighted by atomic mass is 32.2. The van der Waals surface area contributed by atoms with Gasteiger partial charge in [-0.2, -0.15) is 11.8 Å². The van der Waals surface area contributed by atoms with E-state index in [9.17, 15) is 0 Å². The van der Waals surface area contributed by atoms with Crippen LogP contribution < -0.4 is 17.2 Å². The summed E-state index contributed by atoms with van der Waals surface area (Å²) in [5.74, 6) is 0. The number of rotatable bonds is 3. The van der Waals surface area contributed by atoms with Crippen molar-refractivity contribution in [2.45, 2.75) is 47.1 Å². The summed E-state index contributed by atoms with van der Waals surface area (Å²) in [4.78, 5) is 8.16. The molecule has 0 atom stereocenters. The molecule has 36 heavy (non-hydrogen) atoms. The summed E-state index contributed by atoms with van der Waals surface area (Å²) < 4.78 is 0. The minimum atomic E-state index is 0. The average molecular weight is 512 g/mol. The molecule has 1 heterocycles. The van der Waals surface area contributed by atoms with Crippen LogP contribution in [0.4, 0.5) is 0 Å². The van der Waals surface area contributed by atoms with E-state index in [1.165, 1.54) is 19.6 Å². The lowest BCUT2D eigenvalue weighted by molar-refractivity contribution is 0.321. The Morgan fingerprint density at radius 3 is 0.917 bits per heavy atom. The third kappa shape index (κ3) is 262. The Labute approximate surface area is 247 Å². The maximum Gasteiger partial charge on any atom is 0.0267 e. The zero-order valence-electron chi connectivity index (χ0n) is 26.1. The van der Waals surface area contributed by atoms with Gasteiger partial charge in [0.05, 0.1) is 0 Å². The van der Waals surface area contributed by atoms with Gasteiger partial charge in [0, 0.05) is 76.8 Å². The molecule has 0 saturated carbocycles. The monoisotopic (exact) mass is 513 g/mol. The second-order valence-corrected chi connectivity index (χ2v) is 8.08. The van der Waals surface area contributed by atoms with E-state index in [0.717, 1.165) is 0 Å². The first-order valence-corrected chi connectivity index (χ1v) is 11.5. The summed E-state index contributed by atoms with van der Waals surface area (Å²) in [6, 6.07) is 5.72. The molecule has 0 saturated heterocycles. The minimum Gasteiger partial charge on any atom is -0.344 e. The van der Waals surface area contributed by atoms with Crippen molar-refractivity contribution in [3.05, 3.63) is 30.6 Å². The number of thioether (sulfide) groups is 1. The van der Waals surface area contributed by atoms with E-state index in [0.29, 0.717) is 0 Å². The van der Waals surface area contributed by atoms with Crippen LogP contribution >= 0.6 is 11.8 Å². The molecule has 14 heteroatoms. The number of aromatic nitrogens is 1. The van der Waals surface area contributed by atoms with Crippen LogP contribution in [0.5, 0.6) is 0 Å². The Hall–Kier alpha value is -0.245. The van der Waals surface area contributed by atoms with E-state index in [4.69, 9.17) is 5.73 Å². The predicted octanol–water partition coefficient (Wildman–Crippen LogP) is 1.66. The highest BCUT2D eigenvalue weighted by Crippen LogP contribution is 1.88. The first-order chi connectivity index (χ1) is 12.9. The number of nitrogens with one attached hydrogen (secondary N) is 1. The number of pyridine rings is 1. The van der Waals surface area contributed by atoms with Crippen LogP contribution in [0.3, 0.4) is 0 Å². The fourth-order valence-corrected chi connectivity index (χ4v) is 0.983. The standard InChI is InChI=1S/C6H15N.C5H5N.C4H11N.C3H9N.C2H7N.C2H6S.7B.H3N/c1-4-7(5-2)6-3;1-2-4-6-5-3-1;1-4(2,3)5;1-4(2)3;2*1-3-2;;;;;;;;/h4-6H2,1-3H3;1-5H;5H2,1-3H3;1-3H3;3H,1-2H3;1-2H3;;;;;;;;1H3. The Bertz CT molecular complexity index is 297. The molecule has 0 aliphatic carbocycles. The lowest BCUT2D eigenvalue weighted by Gasteiger charge is -2.13. The zero-order valence-corrected chi connectivity index (χ0v) is 26.9. The maximum atomic E-state index is 5.35. The molecular formula is C22H56B7N6S. The van der Waals surface area contributed by atoms with Crippen molar-refractivity contribution >= 4 is 70.7 Å². The van der Waals surface area contributed by atoms with Gasteiger partial charge in [-0.3, -0.25) is 4.98 Å². The molecule has 1 aromatic rings. The maximum absolute atomic E-state index is 5.35. The number of nitrogens with two attached hydrogens (primary N) is 1. The van der Waals surface area contributed by atoms with Crippen LogP contribution in [-0.4, -0.2) is 147 Å². The lowest BCUT2D eigenvalue weighted by Crippen LogP contribution is -2.26. The van der Waals surface area contributed by atoms with Crippen LogP contribution in [0.15, 0.2) is 30.6 Å². The molecule has 1 aromatic heterocycles. The predicted molar refractivity (Wildman–Crippen MR) is 181 cm³/mol. The molecule has 0 aliphatic rings. The van der Waals surface area contributed by atoms with Gasteiger partial charge in [-0.25, -0.2) is 0 Å². The summed E-state index contributed by atoms with van der Waals surface area (Å²) in [6.07, 6.45) is 7.58. The third-order valence-electron chi connectivity index (χ3n) is 1.91. The van der Waals surface area contributed by atoms with Gasteiger partial charge in [0.1, 0.15) is 0 Å². The van der Waals surface area contributed by atoms with Crippen molar-refractivity contribution in [2.24, 2.45) is 5.73 Å². The van der Waals surface area contributed by atoms with E-state index in [1.807, 2.05) is 91.6 Å². The highest BCUT2D eigenvalue weighted by Gasteiger charge is 1.95. The highest BCUT2D eigenvalue weighted by molar-refractivity contribution is 7.97. The van der Waals surface area contributed by atoms with Gasteiger partial charge in [-0.05, 0) is 100 Å². The van der Waals surface area contributed by atoms with Crippen molar-refractivity contribution in [1.82, 2.24) is 26.3 Å². The molecule has 0 aromatic carbocycles. The SMILES string of the molecule is CC(C)(C)N.CCN(CC)CC.CN(C)C.CNC.CSC.N.[B].[B].[B].[B].[B].[B].[B].c1ccncc1. The number of hydrogen-bond donors (Lipinski definition) is 3. The molecule has 1 rings (SSSR count). The fourth-order valence-electron chi connectivity index (χ4n) is 0.983. The largest absolute Gasteiger partial charge is 0.344 e.